The van der Waals surface area contributed by atoms with E-state index in [1.165, 1.54) is 11.8 Å². The number of anilines is 1. The van der Waals surface area contributed by atoms with Crippen molar-refractivity contribution in [2.75, 3.05) is 24.3 Å². The number of nitrogens with zero attached hydrogens (tertiary/aromatic N) is 3. The predicted molar refractivity (Wildman–Crippen MR) is 140 cm³/mol. The first-order valence-corrected chi connectivity index (χ1v) is 12.7. The van der Waals surface area contributed by atoms with Crippen LogP contribution in [0.5, 0.6) is 5.75 Å². The van der Waals surface area contributed by atoms with Gasteiger partial charge < -0.3 is 15.0 Å². The molecule has 3 amide bonds. The van der Waals surface area contributed by atoms with Crippen LogP contribution in [0.25, 0.3) is 0 Å². The summed E-state index contributed by atoms with van der Waals surface area (Å²) in [4.78, 5) is 29.8. The number of benzene rings is 3. The summed E-state index contributed by atoms with van der Waals surface area (Å²) in [5.74, 6) is 1.10. The first-order valence-electron chi connectivity index (χ1n) is 11.7. The number of thioether (sulfide) groups is 1. The molecule has 8 heteroatoms. The highest BCUT2D eigenvalue weighted by molar-refractivity contribution is 8.01. The van der Waals surface area contributed by atoms with Crippen molar-refractivity contribution in [1.29, 1.82) is 5.26 Å². The number of hydrogen-bond donors (Lipinski definition) is 1. The van der Waals surface area contributed by atoms with Crippen molar-refractivity contribution in [3.63, 3.8) is 0 Å². The van der Waals surface area contributed by atoms with Crippen LogP contribution in [0.2, 0.25) is 0 Å². The smallest absolute Gasteiger partial charge is 0.319 e. The van der Waals surface area contributed by atoms with E-state index in [2.05, 4.69) is 11.4 Å². The lowest BCUT2D eigenvalue weighted by molar-refractivity contribution is -0.123. The van der Waals surface area contributed by atoms with Crippen molar-refractivity contribution >= 4 is 29.4 Å². The molecule has 0 bridgehead atoms. The summed E-state index contributed by atoms with van der Waals surface area (Å²) in [6.45, 7) is 3.14. The van der Waals surface area contributed by atoms with Gasteiger partial charge in [-0.05, 0) is 48.4 Å². The minimum absolute atomic E-state index is 0.165. The Morgan fingerprint density at radius 2 is 1.94 bits per heavy atom. The number of ether oxygens (including phenoxy) is 1. The van der Waals surface area contributed by atoms with Gasteiger partial charge in [-0.1, -0.05) is 42.0 Å². The summed E-state index contributed by atoms with van der Waals surface area (Å²) >= 11 is 1.47. The number of carbonyl (C=O) groups excluding carboxylic acids is 2. The van der Waals surface area contributed by atoms with Gasteiger partial charge in [-0.3, -0.25) is 9.69 Å². The lowest BCUT2D eigenvalue weighted by Crippen LogP contribution is -2.53. The van der Waals surface area contributed by atoms with Crippen LogP contribution in [0.3, 0.4) is 0 Å². The zero-order valence-electron chi connectivity index (χ0n) is 20.2. The lowest BCUT2D eigenvalue weighted by Gasteiger charge is -2.33. The van der Waals surface area contributed by atoms with Crippen LogP contribution in [0, 0.1) is 18.3 Å². The summed E-state index contributed by atoms with van der Waals surface area (Å²) in [5, 5.41) is 12.3. The normalized spacial score (nSPS) is 18.3. The molecule has 182 valence electrons. The standard InChI is InChI=1S/C28H26N4O3S/c1-19-5-3-7-21(13-19)17-30-27(34)32-11-12-36-28(32)24-15-23(35-2)9-10-25(24)31(26(28)33)18-22-8-4-6-20(14-22)16-29/h3-10,13-15H,11-12,17-18H2,1-2H3,(H,30,34)/t28-/m1/s1. The van der Waals surface area contributed by atoms with Crippen LogP contribution in [0.1, 0.15) is 27.8 Å². The fraction of sp³-hybridized carbons (Fsp3) is 0.250. The number of hydrogen-bond acceptors (Lipinski definition) is 5. The van der Waals surface area contributed by atoms with E-state index in [9.17, 15) is 14.9 Å². The number of carbonyl (C=O) groups is 2. The third-order valence-electron chi connectivity index (χ3n) is 6.57. The van der Waals surface area contributed by atoms with Crippen molar-refractivity contribution < 1.29 is 14.3 Å². The van der Waals surface area contributed by atoms with E-state index in [0.29, 0.717) is 36.7 Å². The summed E-state index contributed by atoms with van der Waals surface area (Å²) in [6, 6.07) is 22.7. The van der Waals surface area contributed by atoms with E-state index in [1.54, 1.807) is 29.0 Å². The molecule has 0 unspecified atom stereocenters. The third kappa shape index (κ3) is 4.06. The van der Waals surface area contributed by atoms with Gasteiger partial charge in [0, 0.05) is 24.4 Å². The molecule has 0 saturated carbocycles. The maximum atomic E-state index is 14.2. The molecular formula is C28H26N4O3S. The predicted octanol–water partition coefficient (Wildman–Crippen LogP) is 4.53. The van der Waals surface area contributed by atoms with E-state index in [4.69, 9.17) is 4.74 Å². The Labute approximate surface area is 214 Å². The van der Waals surface area contributed by atoms with Crippen LogP contribution >= 0.6 is 11.8 Å². The van der Waals surface area contributed by atoms with Gasteiger partial charge in [0.25, 0.3) is 5.91 Å². The minimum atomic E-state index is -1.17. The zero-order valence-corrected chi connectivity index (χ0v) is 21.0. The van der Waals surface area contributed by atoms with E-state index in [-0.39, 0.29) is 11.9 Å². The highest BCUT2D eigenvalue weighted by atomic mass is 32.2. The van der Waals surface area contributed by atoms with Crippen molar-refractivity contribution in [1.82, 2.24) is 10.2 Å². The summed E-state index contributed by atoms with van der Waals surface area (Å²) in [5.41, 5.74) is 5.00. The molecule has 36 heavy (non-hydrogen) atoms. The maximum absolute atomic E-state index is 14.2. The van der Waals surface area contributed by atoms with Gasteiger partial charge in [-0.25, -0.2) is 4.79 Å². The molecule has 2 aliphatic heterocycles. The molecule has 1 N–H and O–H groups in total. The Bertz CT molecular complexity index is 1390. The third-order valence-corrected chi connectivity index (χ3v) is 7.99. The summed E-state index contributed by atoms with van der Waals surface area (Å²) in [7, 11) is 1.59. The number of fused-ring (bicyclic) bond motifs is 2. The lowest BCUT2D eigenvalue weighted by atomic mass is 10.1. The molecule has 5 rings (SSSR count). The summed E-state index contributed by atoms with van der Waals surface area (Å²) < 4.78 is 5.48. The van der Waals surface area contributed by atoms with Crippen LogP contribution in [-0.2, 0) is 22.8 Å². The quantitative estimate of drug-likeness (QED) is 0.559. The van der Waals surface area contributed by atoms with Gasteiger partial charge in [0.05, 0.1) is 31.0 Å². The maximum Gasteiger partial charge on any atom is 0.319 e. The number of nitrogens with one attached hydrogen (secondary N) is 1. The van der Waals surface area contributed by atoms with Crippen molar-refractivity contribution in [2.24, 2.45) is 0 Å². The highest BCUT2D eigenvalue weighted by Gasteiger charge is 2.59. The Balaban J connectivity index is 1.49. The second-order valence-corrected chi connectivity index (χ2v) is 10.2. The molecule has 1 spiro atoms. The van der Waals surface area contributed by atoms with Crippen molar-refractivity contribution in [2.45, 2.75) is 24.9 Å². The molecule has 0 aromatic heterocycles. The summed E-state index contributed by atoms with van der Waals surface area (Å²) in [6.07, 6.45) is 0. The van der Waals surface area contributed by atoms with Gasteiger partial charge in [-0.15, -0.1) is 11.8 Å². The van der Waals surface area contributed by atoms with Crippen LogP contribution in [-0.4, -0.2) is 36.2 Å². The van der Waals surface area contributed by atoms with E-state index in [1.807, 2.05) is 61.5 Å². The SMILES string of the molecule is COc1ccc2c(c1)[C@@]1(SCCN1C(=O)NCc1cccc(C)c1)C(=O)N2Cc1cccc(C#N)c1. The monoisotopic (exact) mass is 498 g/mol. The Morgan fingerprint density at radius 1 is 1.14 bits per heavy atom. The van der Waals surface area contributed by atoms with Crippen LogP contribution in [0.4, 0.5) is 10.5 Å². The van der Waals surface area contributed by atoms with Gasteiger partial charge in [0.2, 0.25) is 0 Å². The molecule has 1 fully saturated rings. The van der Waals surface area contributed by atoms with Gasteiger partial charge in [0.1, 0.15) is 5.75 Å². The average Bonchev–Trinajstić information content (AvgIpc) is 3.44. The Morgan fingerprint density at radius 3 is 2.72 bits per heavy atom. The average molecular weight is 499 g/mol. The second kappa shape index (κ2) is 9.59. The minimum Gasteiger partial charge on any atom is -0.497 e. The number of methoxy groups -OCH3 is 1. The van der Waals surface area contributed by atoms with Crippen molar-refractivity contribution in [3.05, 3.63) is 94.5 Å². The molecule has 2 aliphatic rings. The highest BCUT2D eigenvalue weighted by Crippen LogP contribution is 2.55. The van der Waals surface area contributed by atoms with Gasteiger partial charge >= 0.3 is 6.03 Å². The fourth-order valence-corrected chi connectivity index (χ4v) is 6.35. The number of amides is 3. The number of urea groups is 1. The van der Waals surface area contributed by atoms with Crippen molar-refractivity contribution in [3.8, 4) is 11.8 Å². The Hall–Kier alpha value is -3.96. The number of nitriles is 1. The number of rotatable bonds is 5. The molecule has 1 atom stereocenters. The van der Waals surface area contributed by atoms with E-state index in [0.717, 1.165) is 27.9 Å². The molecule has 0 aliphatic carbocycles. The fourth-order valence-electron chi connectivity index (χ4n) is 4.90. The molecule has 1 saturated heterocycles. The second-order valence-electron chi connectivity index (χ2n) is 8.88. The molecule has 3 aromatic carbocycles. The largest absolute Gasteiger partial charge is 0.497 e. The topological polar surface area (TPSA) is 85.7 Å². The van der Waals surface area contributed by atoms with Crippen LogP contribution < -0.4 is 15.0 Å². The van der Waals surface area contributed by atoms with Gasteiger partial charge in [0.15, 0.2) is 4.87 Å². The molecule has 0 radical (unpaired) electrons. The number of aryl methyl sites for hydroxylation is 1. The Kier molecular flexibility index (Phi) is 6.33. The molecular weight excluding hydrogens is 472 g/mol. The molecule has 7 nitrogen and oxygen atoms in total. The molecule has 3 aromatic rings. The van der Waals surface area contributed by atoms with Crippen LogP contribution in [0.15, 0.2) is 66.7 Å². The zero-order chi connectivity index (χ0) is 25.3. The first kappa shape index (κ1) is 23.8. The molecule has 2 heterocycles. The van der Waals surface area contributed by atoms with Gasteiger partial charge in [-0.2, -0.15) is 5.26 Å². The van der Waals surface area contributed by atoms with E-state index < -0.39 is 4.87 Å². The van der Waals surface area contributed by atoms with E-state index >= 15 is 0 Å². The first-order chi connectivity index (χ1) is 17.5.